The van der Waals surface area contributed by atoms with Crippen LogP contribution in [0.1, 0.15) is 26.2 Å². The lowest BCUT2D eigenvalue weighted by molar-refractivity contribution is -0.129. The molecule has 1 aromatic rings. The maximum atomic E-state index is 12.7. The molecule has 0 spiro atoms. The number of anilines is 1. The number of hydrogen-bond acceptors (Lipinski definition) is 4. The SMILES string of the molecule is CCNC(=NCC(=O)N1CCN(c2ccc(Cl)cc2)CC1)NC1CC2CCC1O2. The molecule has 29 heavy (non-hydrogen) atoms. The number of benzene rings is 1. The van der Waals surface area contributed by atoms with Crippen LogP contribution in [-0.4, -0.2) is 74.3 Å². The topological polar surface area (TPSA) is 69.2 Å². The second kappa shape index (κ2) is 9.22. The zero-order valence-corrected chi connectivity index (χ0v) is 17.7. The lowest BCUT2D eigenvalue weighted by atomic mass is 9.96. The van der Waals surface area contributed by atoms with Crippen molar-refractivity contribution in [3.8, 4) is 0 Å². The Morgan fingerprint density at radius 3 is 2.59 bits per heavy atom. The molecule has 3 aliphatic rings. The van der Waals surface area contributed by atoms with Crippen LogP contribution in [-0.2, 0) is 9.53 Å². The molecule has 0 radical (unpaired) electrons. The first kappa shape index (κ1) is 20.3. The normalized spacial score (nSPS) is 26.7. The van der Waals surface area contributed by atoms with Crippen LogP contribution in [0, 0.1) is 0 Å². The van der Waals surface area contributed by atoms with Crippen molar-refractivity contribution >= 4 is 29.2 Å². The number of hydrogen-bond donors (Lipinski definition) is 2. The van der Waals surface area contributed by atoms with Gasteiger partial charge in [-0.15, -0.1) is 0 Å². The van der Waals surface area contributed by atoms with Crippen molar-refractivity contribution in [3.05, 3.63) is 29.3 Å². The number of carbonyl (C=O) groups excluding carboxylic acids is 1. The van der Waals surface area contributed by atoms with Gasteiger partial charge in [-0.1, -0.05) is 11.6 Å². The summed E-state index contributed by atoms with van der Waals surface area (Å²) in [7, 11) is 0. The van der Waals surface area contributed by atoms with Gasteiger partial charge in [0.15, 0.2) is 5.96 Å². The van der Waals surface area contributed by atoms with Crippen LogP contribution < -0.4 is 15.5 Å². The zero-order valence-electron chi connectivity index (χ0n) is 16.9. The van der Waals surface area contributed by atoms with Crippen molar-refractivity contribution < 1.29 is 9.53 Å². The molecule has 2 N–H and O–H groups in total. The molecular weight excluding hydrogens is 390 g/mol. The second-order valence-electron chi connectivity index (χ2n) is 7.90. The highest BCUT2D eigenvalue weighted by Gasteiger charge is 2.41. The number of nitrogens with one attached hydrogen (secondary N) is 2. The molecule has 3 unspecified atom stereocenters. The van der Waals surface area contributed by atoms with E-state index in [9.17, 15) is 4.79 Å². The van der Waals surface area contributed by atoms with E-state index in [1.165, 1.54) is 0 Å². The summed E-state index contributed by atoms with van der Waals surface area (Å²) in [5.74, 6) is 0.781. The summed E-state index contributed by atoms with van der Waals surface area (Å²) < 4.78 is 5.91. The van der Waals surface area contributed by atoms with E-state index in [1.807, 2.05) is 36.1 Å². The van der Waals surface area contributed by atoms with Crippen LogP contribution in [0.3, 0.4) is 0 Å². The minimum Gasteiger partial charge on any atom is -0.373 e. The monoisotopic (exact) mass is 419 g/mol. The summed E-state index contributed by atoms with van der Waals surface area (Å²) in [4.78, 5) is 21.4. The van der Waals surface area contributed by atoms with Gasteiger partial charge < -0.3 is 25.2 Å². The van der Waals surface area contributed by atoms with Crippen molar-refractivity contribution in [1.29, 1.82) is 0 Å². The van der Waals surface area contributed by atoms with Gasteiger partial charge in [-0.3, -0.25) is 4.79 Å². The fourth-order valence-electron chi connectivity index (χ4n) is 4.40. The summed E-state index contributed by atoms with van der Waals surface area (Å²) in [5, 5.41) is 7.46. The van der Waals surface area contributed by atoms with Gasteiger partial charge in [0.1, 0.15) is 6.54 Å². The number of rotatable bonds is 5. The number of guanidine groups is 1. The first-order chi connectivity index (χ1) is 14.1. The maximum Gasteiger partial charge on any atom is 0.244 e. The molecular formula is C21H30ClN5O2. The quantitative estimate of drug-likeness (QED) is 0.563. The minimum absolute atomic E-state index is 0.0714. The summed E-state index contributed by atoms with van der Waals surface area (Å²) in [6.45, 7) is 6.02. The van der Waals surface area contributed by atoms with Crippen LogP contribution in [0.2, 0.25) is 5.02 Å². The Morgan fingerprint density at radius 2 is 1.97 bits per heavy atom. The van der Waals surface area contributed by atoms with Crippen LogP contribution in [0.5, 0.6) is 0 Å². The summed E-state index contributed by atoms with van der Waals surface area (Å²) >= 11 is 5.97. The Morgan fingerprint density at radius 1 is 1.21 bits per heavy atom. The first-order valence-electron chi connectivity index (χ1n) is 10.6. The van der Waals surface area contributed by atoms with Gasteiger partial charge in [0, 0.05) is 43.4 Å². The van der Waals surface area contributed by atoms with E-state index < -0.39 is 0 Å². The van der Waals surface area contributed by atoms with Gasteiger partial charge in [0.05, 0.1) is 18.2 Å². The van der Waals surface area contributed by atoms with Gasteiger partial charge in [0.2, 0.25) is 5.91 Å². The van der Waals surface area contributed by atoms with E-state index >= 15 is 0 Å². The Kier molecular flexibility index (Phi) is 6.45. The third kappa shape index (κ3) is 4.95. The van der Waals surface area contributed by atoms with Crippen LogP contribution in [0.15, 0.2) is 29.3 Å². The molecule has 158 valence electrons. The molecule has 3 fully saturated rings. The van der Waals surface area contributed by atoms with Crippen LogP contribution >= 0.6 is 11.6 Å². The predicted octanol–water partition coefficient (Wildman–Crippen LogP) is 1.86. The highest BCUT2D eigenvalue weighted by atomic mass is 35.5. The number of halogens is 1. The number of amides is 1. The average Bonchev–Trinajstić information content (AvgIpc) is 3.36. The minimum atomic E-state index is 0.0714. The zero-order chi connectivity index (χ0) is 20.2. The molecule has 0 aromatic heterocycles. The lowest BCUT2D eigenvalue weighted by Gasteiger charge is -2.36. The third-order valence-corrected chi connectivity index (χ3v) is 6.22. The predicted molar refractivity (Wildman–Crippen MR) is 116 cm³/mol. The van der Waals surface area contributed by atoms with Crippen molar-refractivity contribution in [1.82, 2.24) is 15.5 Å². The molecule has 0 saturated carbocycles. The van der Waals surface area contributed by atoms with E-state index in [-0.39, 0.29) is 18.6 Å². The molecule has 3 saturated heterocycles. The summed E-state index contributed by atoms with van der Waals surface area (Å²) in [6.07, 6.45) is 3.96. The van der Waals surface area contributed by atoms with Crippen molar-refractivity contribution in [3.63, 3.8) is 0 Å². The van der Waals surface area contributed by atoms with Crippen molar-refractivity contribution in [2.45, 2.75) is 44.4 Å². The van der Waals surface area contributed by atoms with Gasteiger partial charge in [-0.05, 0) is 50.5 Å². The van der Waals surface area contributed by atoms with Gasteiger partial charge in [-0.25, -0.2) is 4.99 Å². The van der Waals surface area contributed by atoms with Gasteiger partial charge in [-0.2, -0.15) is 0 Å². The molecule has 0 aliphatic carbocycles. The van der Waals surface area contributed by atoms with Gasteiger partial charge >= 0.3 is 0 Å². The second-order valence-corrected chi connectivity index (χ2v) is 8.34. The summed E-state index contributed by atoms with van der Waals surface area (Å²) in [6, 6.07) is 8.15. The van der Waals surface area contributed by atoms with E-state index in [0.717, 1.165) is 49.6 Å². The van der Waals surface area contributed by atoms with Crippen LogP contribution in [0.25, 0.3) is 0 Å². The number of aliphatic imine (C=N–C) groups is 1. The fraction of sp³-hybridized carbons (Fsp3) is 0.619. The number of nitrogens with zero attached hydrogens (tertiary/aromatic N) is 3. The highest BCUT2D eigenvalue weighted by Crippen LogP contribution is 2.34. The van der Waals surface area contributed by atoms with Crippen molar-refractivity contribution in [2.24, 2.45) is 4.99 Å². The molecule has 1 aromatic carbocycles. The van der Waals surface area contributed by atoms with E-state index in [1.54, 1.807) is 0 Å². The Labute approximate surface area is 177 Å². The molecule has 1 amide bonds. The molecule has 4 rings (SSSR count). The van der Waals surface area contributed by atoms with Gasteiger partial charge in [0.25, 0.3) is 0 Å². The average molecular weight is 420 g/mol. The standard InChI is InChI=1S/C21H30ClN5O2/c1-2-23-21(25-18-13-17-7-8-19(18)29-17)24-14-20(28)27-11-9-26(10-12-27)16-5-3-15(22)4-6-16/h3-6,17-19H,2,7-14H2,1H3,(H2,23,24,25). The maximum absolute atomic E-state index is 12.7. The third-order valence-electron chi connectivity index (χ3n) is 5.97. The highest BCUT2D eigenvalue weighted by molar-refractivity contribution is 6.30. The van der Waals surface area contributed by atoms with Crippen LogP contribution in [0.4, 0.5) is 5.69 Å². The molecule has 8 heteroatoms. The largest absolute Gasteiger partial charge is 0.373 e. The van der Waals surface area contributed by atoms with E-state index in [4.69, 9.17) is 16.3 Å². The fourth-order valence-corrected chi connectivity index (χ4v) is 4.52. The molecule has 7 nitrogen and oxygen atoms in total. The first-order valence-corrected chi connectivity index (χ1v) is 11.0. The summed E-state index contributed by atoms with van der Waals surface area (Å²) in [5.41, 5.74) is 1.14. The molecule has 3 heterocycles. The van der Waals surface area contributed by atoms with Crippen molar-refractivity contribution in [2.75, 3.05) is 44.2 Å². The van der Waals surface area contributed by atoms with E-state index in [0.29, 0.717) is 31.2 Å². The molecule has 2 bridgehead atoms. The molecule has 3 aliphatic heterocycles. The Balaban J connectivity index is 1.27. The molecule has 3 atom stereocenters. The Bertz CT molecular complexity index is 733. The number of ether oxygens (including phenoxy) is 1. The number of carbonyl (C=O) groups is 1. The number of fused-ring (bicyclic) bond motifs is 2. The Hall–Kier alpha value is -1.99. The number of piperazine rings is 1. The smallest absolute Gasteiger partial charge is 0.244 e. The van der Waals surface area contributed by atoms with E-state index in [2.05, 4.69) is 20.5 Å². The lowest BCUT2D eigenvalue weighted by Crippen LogP contribution is -2.50.